The van der Waals surface area contributed by atoms with Crippen molar-refractivity contribution in [2.75, 3.05) is 0 Å². The highest BCUT2D eigenvalue weighted by molar-refractivity contribution is 6.50. The first-order chi connectivity index (χ1) is 6.97. The van der Waals surface area contributed by atoms with Crippen LogP contribution in [0.4, 0.5) is 0 Å². The molecule has 0 saturated carbocycles. The third kappa shape index (κ3) is 6.95. The van der Waals surface area contributed by atoms with E-state index in [2.05, 4.69) is 4.99 Å². The van der Waals surface area contributed by atoms with E-state index in [0.717, 1.165) is 12.8 Å². The van der Waals surface area contributed by atoms with Gasteiger partial charge in [-0.05, 0) is 19.5 Å². The lowest BCUT2D eigenvalue weighted by Gasteiger charge is -2.13. The Bertz CT molecular complexity index is 227. The molecule has 0 aromatic carbocycles. The lowest BCUT2D eigenvalue weighted by atomic mass is 10.1. The summed E-state index contributed by atoms with van der Waals surface area (Å²) < 4.78 is 5.16. The molecule has 0 aromatic rings. The van der Waals surface area contributed by atoms with Crippen molar-refractivity contribution in [2.45, 2.75) is 45.3 Å². The number of nitrogens with two attached hydrogens (primary N) is 2. The molecule has 15 heavy (non-hydrogen) atoms. The number of aliphatic imine (C=N–C) groups is 1. The van der Waals surface area contributed by atoms with Crippen LogP contribution in [0, 0.1) is 0 Å². The molecule has 0 aliphatic carbocycles. The summed E-state index contributed by atoms with van der Waals surface area (Å²) in [6, 6.07) is -0.533. The van der Waals surface area contributed by atoms with Gasteiger partial charge in [-0.3, -0.25) is 4.79 Å². The maximum absolute atomic E-state index is 11.6. The minimum Gasteiger partial charge on any atom is -0.517 e. The minimum atomic E-state index is -1.04. The van der Waals surface area contributed by atoms with Gasteiger partial charge in [-0.25, -0.2) is 4.99 Å². The van der Waals surface area contributed by atoms with Crippen LogP contribution in [-0.2, 0) is 9.22 Å². The molecule has 87 valence electrons. The van der Waals surface area contributed by atoms with Gasteiger partial charge in [0, 0.05) is 0 Å². The average molecular weight is 230 g/mol. The largest absolute Gasteiger partial charge is 0.517 e. The fourth-order valence-corrected chi connectivity index (χ4v) is 1.62. The van der Waals surface area contributed by atoms with E-state index in [1.807, 2.05) is 20.0 Å². The Labute approximate surface area is 92.6 Å². The molecule has 0 bridgehead atoms. The highest BCUT2D eigenvalue weighted by atomic mass is 28.3. The molecule has 0 heterocycles. The van der Waals surface area contributed by atoms with Crippen LogP contribution in [0.3, 0.4) is 0 Å². The standard InChI is InChI=1S/C9H20N3O2Si/c1-4-5-6-7(12-9(10)11)8(13)14-15(2)3/h7H,4-6H2,1-3H3,(H4,10,11,12). The quantitative estimate of drug-likeness (QED) is 0.397. The molecule has 1 atom stereocenters. The van der Waals surface area contributed by atoms with Gasteiger partial charge in [-0.2, -0.15) is 0 Å². The lowest BCUT2D eigenvalue weighted by molar-refractivity contribution is -0.136. The van der Waals surface area contributed by atoms with Gasteiger partial charge < -0.3 is 15.9 Å². The van der Waals surface area contributed by atoms with Crippen LogP contribution < -0.4 is 11.5 Å². The van der Waals surface area contributed by atoms with Gasteiger partial charge in [0.1, 0.15) is 6.04 Å². The number of carbonyl (C=O) groups is 1. The van der Waals surface area contributed by atoms with Crippen LogP contribution in [0.25, 0.3) is 0 Å². The van der Waals surface area contributed by atoms with E-state index >= 15 is 0 Å². The van der Waals surface area contributed by atoms with Crippen molar-refractivity contribution in [3.05, 3.63) is 0 Å². The molecule has 4 N–H and O–H groups in total. The van der Waals surface area contributed by atoms with E-state index in [-0.39, 0.29) is 11.9 Å². The van der Waals surface area contributed by atoms with Crippen molar-refractivity contribution in [3.8, 4) is 0 Å². The Hall–Kier alpha value is -1.04. The van der Waals surface area contributed by atoms with Gasteiger partial charge in [0.15, 0.2) is 5.96 Å². The molecular weight excluding hydrogens is 210 g/mol. The molecule has 0 fully saturated rings. The number of nitrogens with zero attached hydrogens (tertiary/aromatic N) is 1. The maximum atomic E-state index is 11.6. The SMILES string of the molecule is CCCCC(N=C(N)N)C(=O)O[Si](C)C. The van der Waals surface area contributed by atoms with Crippen LogP contribution in [0.2, 0.25) is 13.1 Å². The second-order valence-electron chi connectivity index (χ2n) is 3.54. The van der Waals surface area contributed by atoms with Gasteiger partial charge in [0.05, 0.1) is 0 Å². The minimum absolute atomic E-state index is 0.0611. The lowest BCUT2D eigenvalue weighted by Crippen LogP contribution is -2.31. The molecular formula is C9H20N3O2Si. The molecule has 6 heteroatoms. The van der Waals surface area contributed by atoms with E-state index in [1.165, 1.54) is 0 Å². The fraction of sp³-hybridized carbons (Fsp3) is 0.778. The average Bonchev–Trinajstić information content (AvgIpc) is 2.10. The first-order valence-electron chi connectivity index (χ1n) is 5.08. The number of hydrogen-bond donors (Lipinski definition) is 2. The molecule has 0 aliphatic heterocycles. The summed E-state index contributed by atoms with van der Waals surface area (Å²) in [7, 11) is -1.04. The van der Waals surface area contributed by atoms with E-state index in [4.69, 9.17) is 15.9 Å². The fourth-order valence-electron chi connectivity index (χ4n) is 1.08. The molecule has 5 nitrogen and oxygen atoms in total. The van der Waals surface area contributed by atoms with Crippen LogP contribution in [0.15, 0.2) is 4.99 Å². The predicted octanol–water partition coefficient (Wildman–Crippen LogP) is 0.613. The van der Waals surface area contributed by atoms with Crippen molar-refractivity contribution in [1.82, 2.24) is 0 Å². The van der Waals surface area contributed by atoms with Crippen molar-refractivity contribution in [2.24, 2.45) is 16.5 Å². The molecule has 1 unspecified atom stereocenters. The van der Waals surface area contributed by atoms with Crippen molar-refractivity contribution in [3.63, 3.8) is 0 Å². The summed E-state index contributed by atoms with van der Waals surface area (Å²) in [4.78, 5) is 15.5. The third-order valence-electron chi connectivity index (χ3n) is 1.71. The topological polar surface area (TPSA) is 90.7 Å². The zero-order valence-electron chi connectivity index (χ0n) is 9.62. The molecule has 0 aromatic heterocycles. The predicted molar refractivity (Wildman–Crippen MR) is 62.7 cm³/mol. The van der Waals surface area contributed by atoms with Gasteiger partial charge in [-0.15, -0.1) is 0 Å². The third-order valence-corrected chi connectivity index (χ3v) is 2.32. The van der Waals surface area contributed by atoms with E-state index in [9.17, 15) is 4.79 Å². The highest BCUT2D eigenvalue weighted by Crippen LogP contribution is 2.07. The molecule has 0 rings (SSSR count). The summed E-state index contributed by atoms with van der Waals surface area (Å²) in [6.07, 6.45) is 2.55. The van der Waals surface area contributed by atoms with Gasteiger partial charge >= 0.3 is 5.97 Å². The summed E-state index contributed by atoms with van der Waals surface area (Å²) in [5, 5.41) is 0. The second kappa shape index (κ2) is 7.28. The van der Waals surface area contributed by atoms with Crippen LogP contribution >= 0.6 is 0 Å². The van der Waals surface area contributed by atoms with Crippen LogP contribution in [-0.4, -0.2) is 27.0 Å². The summed E-state index contributed by atoms with van der Waals surface area (Å²) in [6.45, 7) is 5.84. The number of carbonyl (C=O) groups excluding carboxylic acids is 1. The van der Waals surface area contributed by atoms with E-state index in [0.29, 0.717) is 6.42 Å². The van der Waals surface area contributed by atoms with Crippen molar-refractivity contribution < 1.29 is 9.22 Å². The van der Waals surface area contributed by atoms with E-state index < -0.39 is 15.1 Å². The zero-order chi connectivity index (χ0) is 11.8. The number of hydrogen-bond acceptors (Lipinski definition) is 3. The molecule has 0 amide bonds. The van der Waals surface area contributed by atoms with Gasteiger partial charge in [-0.1, -0.05) is 19.8 Å². The Morgan fingerprint density at radius 2 is 2.07 bits per heavy atom. The molecule has 0 aliphatic rings. The summed E-state index contributed by atoms with van der Waals surface area (Å²) in [5.74, 6) is -0.371. The normalized spacial score (nSPS) is 12.3. The van der Waals surface area contributed by atoms with Gasteiger partial charge in [0.2, 0.25) is 0 Å². The Morgan fingerprint density at radius 1 is 1.47 bits per heavy atom. The van der Waals surface area contributed by atoms with E-state index in [1.54, 1.807) is 0 Å². The zero-order valence-corrected chi connectivity index (χ0v) is 10.6. The van der Waals surface area contributed by atoms with Gasteiger partial charge in [0.25, 0.3) is 9.04 Å². The number of rotatable bonds is 6. The smallest absolute Gasteiger partial charge is 0.317 e. The first-order valence-corrected chi connectivity index (χ1v) is 7.48. The van der Waals surface area contributed by atoms with Crippen LogP contribution in [0.1, 0.15) is 26.2 Å². The molecule has 0 saturated heterocycles. The second-order valence-corrected chi connectivity index (χ2v) is 5.56. The van der Waals surface area contributed by atoms with Crippen molar-refractivity contribution in [1.29, 1.82) is 0 Å². The molecule has 1 radical (unpaired) electrons. The molecule has 0 spiro atoms. The van der Waals surface area contributed by atoms with Crippen LogP contribution in [0.5, 0.6) is 0 Å². The monoisotopic (exact) mass is 230 g/mol. The number of guanidine groups is 1. The first kappa shape index (κ1) is 14.0. The Balaban J connectivity index is 4.34. The Kier molecular flexibility index (Phi) is 6.77. The van der Waals surface area contributed by atoms with Crippen molar-refractivity contribution >= 4 is 21.0 Å². The highest BCUT2D eigenvalue weighted by Gasteiger charge is 2.20. The maximum Gasteiger partial charge on any atom is 0.317 e. The summed E-state index contributed by atoms with van der Waals surface area (Å²) in [5.41, 5.74) is 10.5. The summed E-state index contributed by atoms with van der Waals surface area (Å²) >= 11 is 0. The Morgan fingerprint density at radius 3 is 2.47 bits per heavy atom. The number of unbranched alkanes of at least 4 members (excludes halogenated alkanes) is 1.